The highest BCUT2D eigenvalue weighted by Gasteiger charge is 2.46. The van der Waals surface area contributed by atoms with Crippen LogP contribution >= 0.6 is 0 Å². The Morgan fingerprint density at radius 1 is 1.41 bits per heavy atom. The smallest absolute Gasteiger partial charge is 0.255 e. The van der Waals surface area contributed by atoms with Gasteiger partial charge in [0, 0.05) is 38.7 Å². The van der Waals surface area contributed by atoms with Crippen LogP contribution in [0.2, 0.25) is 0 Å². The lowest BCUT2D eigenvalue weighted by molar-refractivity contribution is -0.150. The molecule has 1 spiro atoms. The summed E-state index contributed by atoms with van der Waals surface area (Å²) in [4.78, 5) is 32.8. The number of hydrogen-bond acceptors (Lipinski definition) is 4. The Balaban J connectivity index is 1.85. The van der Waals surface area contributed by atoms with Gasteiger partial charge in [-0.1, -0.05) is 0 Å². The summed E-state index contributed by atoms with van der Waals surface area (Å²) in [5.41, 5.74) is 0.252. The molecule has 0 radical (unpaired) electrons. The Morgan fingerprint density at radius 2 is 2.18 bits per heavy atom. The molecule has 0 aromatic carbocycles. The molecule has 0 bridgehead atoms. The van der Waals surface area contributed by atoms with Crippen LogP contribution in [0.4, 0.5) is 0 Å². The van der Waals surface area contributed by atoms with E-state index in [4.69, 9.17) is 4.74 Å². The number of likely N-dealkylation sites (N-methyl/N-ethyl adjacent to an activating group) is 1. The molecule has 3 rings (SSSR count). The van der Waals surface area contributed by atoms with Crippen LogP contribution in [0.5, 0.6) is 0 Å². The maximum Gasteiger partial charge on any atom is 0.255 e. The second-order valence-electron chi connectivity index (χ2n) is 5.88. The van der Waals surface area contributed by atoms with E-state index in [1.807, 2.05) is 11.8 Å². The van der Waals surface area contributed by atoms with Crippen LogP contribution in [0, 0.1) is 0 Å². The number of piperazine rings is 1. The molecule has 0 N–H and O–H groups in total. The molecule has 22 heavy (non-hydrogen) atoms. The standard InChI is InChI=1S/C16H21N3O3/c1-2-19-14(20)11-18(12-16(19)5-8-22-9-6-16)15(21)13-4-3-7-17-10-13/h3-4,7,10H,2,5-6,8-9,11-12H2,1H3. The monoisotopic (exact) mass is 303 g/mol. The predicted molar refractivity (Wildman–Crippen MR) is 80.3 cm³/mol. The van der Waals surface area contributed by atoms with Crippen LogP contribution in [-0.4, -0.2) is 65.0 Å². The number of ether oxygens (including phenoxy) is 1. The van der Waals surface area contributed by atoms with E-state index in [0.717, 1.165) is 12.8 Å². The first-order chi connectivity index (χ1) is 10.7. The Morgan fingerprint density at radius 3 is 2.82 bits per heavy atom. The number of rotatable bonds is 2. The Labute approximate surface area is 130 Å². The third-order valence-corrected chi connectivity index (χ3v) is 4.62. The number of hydrogen-bond donors (Lipinski definition) is 0. The number of nitrogens with zero attached hydrogens (tertiary/aromatic N) is 3. The maximum absolute atomic E-state index is 12.7. The minimum absolute atomic E-state index is 0.0212. The van der Waals surface area contributed by atoms with Crippen LogP contribution in [0.15, 0.2) is 24.5 Å². The van der Waals surface area contributed by atoms with Crippen LogP contribution in [0.25, 0.3) is 0 Å². The van der Waals surface area contributed by atoms with Crippen molar-refractivity contribution in [1.29, 1.82) is 0 Å². The molecule has 6 nitrogen and oxygen atoms in total. The molecule has 2 fully saturated rings. The minimum Gasteiger partial charge on any atom is -0.381 e. The maximum atomic E-state index is 12.7. The van der Waals surface area contributed by atoms with Gasteiger partial charge in [0.05, 0.1) is 11.1 Å². The van der Waals surface area contributed by atoms with Crippen molar-refractivity contribution in [2.24, 2.45) is 0 Å². The second kappa shape index (κ2) is 6.04. The fraction of sp³-hybridized carbons (Fsp3) is 0.562. The third-order valence-electron chi connectivity index (χ3n) is 4.62. The van der Waals surface area contributed by atoms with E-state index in [2.05, 4.69) is 4.98 Å². The van der Waals surface area contributed by atoms with Crippen LogP contribution in [0.3, 0.4) is 0 Å². The lowest BCUT2D eigenvalue weighted by Gasteiger charge is -2.52. The topological polar surface area (TPSA) is 62.7 Å². The zero-order chi connectivity index (χ0) is 15.6. The highest BCUT2D eigenvalue weighted by atomic mass is 16.5. The lowest BCUT2D eigenvalue weighted by Crippen LogP contribution is -2.67. The SMILES string of the molecule is CCN1C(=O)CN(C(=O)c2cccnc2)CC12CCOCC2. The first kappa shape index (κ1) is 15.0. The van der Waals surface area contributed by atoms with Crippen LogP contribution in [-0.2, 0) is 9.53 Å². The van der Waals surface area contributed by atoms with Gasteiger partial charge in [-0.3, -0.25) is 14.6 Å². The fourth-order valence-electron chi connectivity index (χ4n) is 3.52. The van der Waals surface area contributed by atoms with Gasteiger partial charge >= 0.3 is 0 Å². The summed E-state index contributed by atoms with van der Waals surface area (Å²) in [6, 6.07) is 3.48. The van der Waals surface area contributed by atoms with Gasteiger partial charge in [-0.05, 0) is 31.9 Å². The van der Waals surface area contributed by atoms with E-state index in [0.29, 0.717) is 31.9 Å². The first-order valence-electron chi connectivity index (χ1n) is 7.74. The van der Waals surface area contributed by atoms with Crippen molar-refractivity contribution in [2.75, 3.05) is 32.8 Å². The fourth-order valence-corrected chi connectivity index (χ4v) is 3.52. The molecule has 1 aromatic rings. The third kappa shape index (κ3) is 2.59. The Bertz CT molecular complexity index is 555. The van der Waals surface area contributed by atoms with Crippen molar-refractivity contribution in [1.82, 2.24) is 14.8 Å². The summed E-state index contributed by atoms with van der Waals surface area (Å²) in [6.45, 7) is 4.66. The number of pyridine rings is 1. The van der Waals surface area contributed by atoms with Crippen molar-refractivity contribution >= 4 is 11.8 Å². The molecule has 0 aliphatic carbocycles. The largest absolute Gasteiger partial charge is 0.381 e. The quantitative estimate of drug-likeness (QED) is 0.815. The normalized spacial score (nSPS) is 21.2. The van der Waals surface area contributed by atoms with Gasteiger partial charge in [0.1, 0.15) is 6.54 Å². The van der Waals surface area contributed by atoms with Gasteiger partial charge in [-0.15, -0.1) is 0 Å². The van der Waals surface area contributed by atoms with Crippen molar-refractivity contribution in [2.45, 2.75) is 25.3 Å². The molecule has 0 unspecified atom stereocenters. The number of amides is 2. The summed E-state index contributed by atoms with van der Waals surface area (Å²) in [5, 5.41) is 0. The van der Waals surface area contributed by atoms with Crippen molar-refractivity contribution in [3.8, 4) is 0 Å². The average molecular weight is 303 g/mol. The van der Waals surface area contributed by atoms with E-state index in [-0.39, 0.29) is 23.9 Å². The van der Waals surface area contributed by atoms with Crippen LogP contribution < -0.4 is 0 Å². The Kier molecular flexibility index (Phi) is 4.11. The zero-order valence-corrected chi connectivity index (χ0v) is 12.8. The molecule has 2 saturated heterocycles. The average Bonchev–Trinajstić information content (AvgIpc) is 2.55. The molecule has 1 aromatic heterocycles. The molecular weight excluding hydrogens is 282 g/mol. The van der Waals surface area contributed by atoms with Crippen molar-refractivity contribution < 1.29 is 14.3 Å². The van der Waals surface area contributed by atoms with Crippen LogP contribution in [0.1, 0.15) is 30.1 Å². The number of aromatic nitrogens is 1. The van der Waals surface area contributed by atoms with Gasteiger partial charge in [-0.2, -0.15) is 0 Å². The Hall–Kier alpha value is -1.95. The van der Waals surface area contributed by atoms with Gasteiger partial charge in [-0.25, -0.2) is 0 Å². The van der Waals surface area contributed by atoms with E-state index in [1.165, 1.54) is 0 Å². The van der Waals surface area contributed by atoms with E-state index in [1.54, 1.807) is 29.4 Å². The molecule has 0 saturated carbocycles. The van der Waals surface area contributed by atoms with E-state index >= 15 is 0 Å². The summed E-state index contributed by atoms with van der Waals surface area (Å²) in [7, 11) is 0. The van der Waals surface area contributed by atoms with Crippen molar-refractivity contribution in [3.05, 3.63) is 30.1 Å². The summed E-state index contributed by atoms with van der Waals surface area (Å²) < 4.78 is 5.45. The molecule has 6 heteroatoms. The summed E-state index contributed by atoms with van der Waals surface area (Å²) in [6.07, 6.45) is 4.75. The highest BCUT2D eigenvalue weighted by molar-refractivity contribution is 5.97. The van der Waals surface area contributed by atoms with Gasteiger partial charge in [0.2, 0.25) is 5.91 Å². The molecule has 3 heterocycles. The van der Waals surface area contributed by atoms with Crippen molar-refractivity contribution in [3.63, 3.8) is 0 Å². The van der Waals surface area contributed by atoms with E-state index in [9.17, 15) is 9.59 Å². The second-order valence-corrected chi connectivity index (χ2v) is 5.88. The lowest BCUT2D eigenvalue weighted by atomic mass is 9.85. The molecule has 2 aliphatic rings. The molecule has 118 valence electrons. The number of carbonyl (C=O) groups excluding carboxylic acids is 2. The molecule has 2 aliphatic heterocycles. The minimum atomic E-state index is -0.278. The highest BCUT2D eigenvalue weighted by Crippen LogP contribution is 2.32. The van der Waals surface area contributed by atoms with Gasteiger partial charge in [0.15, 0.2) is 0 Å². The van der Waals surface area contributed by atoms with Gasteiger partial charge in [0.25, 0.3) is 5.91 Å². The summed E-state index contributed by atoms with van der Waals surface area (Å²) in [5.74, 6) is -0.101. The predicted octanol–water partition coefficient (Wildman–Crippen LogP) is 0.935. The zero-order valence-electron chi connectivity index (χ0n) is 12.8. The van der Waals surface area contributed by atoms with Gasteiger partial charge < -0.3 is 14.5 Å². The molecular formula is C16H21N3O3. The molecule has 0 atom stereocenters. The van der Waals surface area contributed by atoms with E-state index < -0.39 is 0 Å². The first-order valence-corrected chi connectivity index (χ1v) is 7.74. The summed E-state index contributed by atoms with van der Waals surface area (Å²) >= 11 is 0. The molecule has 2 amide bonds. The number of carbonyl (C=O) groups is 2.